The molecule has 166 valence electrons. The molecular formula is C22H22ClN5O3S. The maximum atomic E-state index is 12.7. The van der Waals surface area contributed by atoms with Crippen molar-refractivity contribution in [2.24, 2.45) is 7.05 Å². The minimum atomic E-state index is -0.201. The fourth-order valence-corrected chi connectivity index (χ4v) is 4.26. The third-order valence-electron chi connectivity index (χ3n) is 4.97. The topological polar surface area (TPSA) is 89.4 Å². The number of ether oxygens (including phenoxy) is 1. The van der Waals surface area contributed by atoms with Gasteiger partial charge in [0.25, 0.3) is 5.91 Å². The highest BCUT2D eigenvalue weighted by atomic mass is 35.5. The number of amides is 2. The van der Waals surface area contributed by atoms with Gasteiger partial charge in [0.2, 0.25) is 5.91 Å². The van der Waals surface area contributed by atoms with Gasteiger partial charge in [0.15, 0.2) is 11.0 Å². The Kier molecular flexibility index (Phi) is 7.09. The first-order chi connectivity index (χ1) is 15.5. The molecule has 0 saturated carbocycles. The molecule has 1 aliphatic rings. The molecule has 0 spiro atoms. The summed E-state index contributed by atoms with van der Waals surface area (Å²) in [5, 5.41) is 12.4. The first-order valence-corrected chi connectivity index (χ1v) is 11.4. The average molecular weight is 472 g/mol. The average Bonchev–Trinajstić information content (AvgIpc) is 3.18. The molecule has 0 aliphatic carbocycles. The van der Waals surface area contributed by atoms with Crippen molar-refractivity contribution in [2.75, 3.05) is 37.4 Å². The van der Waals surface area contributed by atoms with E-state index in [4.69, 9.17) is 16.3 Å². The highest BCUT2D eigenvalue weighted by molar-refractivity contribution is 7.99. The van der Waals surface area contributed by atoms with Crippen LogP contribution in [0.2, 0.25) is 5.02 Å². The second-order valence-corrected chi connectivity index (χ2v) is 8.52. The zero-order valence-electron chi connectivity index (χ0n) is 17.5. The molecule has 1 saturated heterocycles. The van der Waals surface area contributed by atoms with E-state index in [9.17, 15) is 9.59 Å². The number of carbonyl (C=O) groups is 2. The van der Waals surface area contributed by atoms with Crippen LogP contribution in [-0.4, -0.2) is 63.5 Å². The Morgan fingerprint density at radius 2 is 1.91 bits per heavy atom. The summed E-state index contributed by atoms with van der Waals surface area (Å²) in [6.07, 6.45) is 0. The van der Waals surface area contributed by atoms with Crippen molar-refractivity contribution in [2.45, 2.75) is 5.16 Å². The van der Waals surface area contributed by atoms with E-state index in [1.165, 1.54) is 11.8 Å². The van der Waals surface area contributed by atoms with Crippen LogP contribution in [0.5, 0.6) is 0 Å². The van der Waals surface area contributed by atoms with Crippen molar-refractivity contribution in [3.05, 3.63) is 59.1 Å². The van der Waals surface area contributed by atoms with E-state index in [-0.39, 0.29) is 17.6 Å². The Balaban J connectivity index is 1.37. The summed E-state index contributed by atoms with van der Waals surface area (Å²) in [7, 11) is 1.83. The summed E-state index contributed by atoms with van der Waals surface area (Å²) in [4.78, 5) is 26.9. The van der Waals surface area contributed by atoms with Crippen LogP contribution in [0.4, 0.5) is 5.69 Å². The summed E-state index contributed by atoms with van der Waals surface area (Å²) in [5.74, 6) is 0.516. The standard InChI is InChI=1S/C22H22ClN5O3S/c1-27-20(17-7-2-3-8-18(17)23)25-26-22(27)32-14-19(29)24-16-6-4-5-15(13-16)21(30)28-9-11-31-12-10-28/h2-8,13H,9-12,14H2,1H3,(H,24,29). The fraction of sp³-hybridized carbons (Fsp3) is 0.273. The van der Waals surface area contributed by atoms with Gasteiger partial charge in [0.05, 0.1) is 24.0 Å². The number of aromatic nitrogens is 3. The van der Waals surface area contributed by atoms with Crippen LogP contribution in [0.25, 0.3) is 11.4 Å². The SMILES string of the molecule is Cn1c(SCC(=O)Nc2cccc(C(=O)N3CCOCC3)c2)nnc1-c1ccccc1Cl. The van der Waals surface area contributed by atoms with Crippen LogP contribution in [0.1, 0.15) is 10.4 Å². The summed E-state index contributed by atoms with van der Waals surface area (Å²) in [6.45, 7) is 2.22. The normalized spacial score (nSPS) is 13.8. The Hall–Kier alpha value is -2.88. The van der Waals surface area contributed by atoms with Gasteiger partial charge in [0, 0.05) is 37.0 Å². The van der Waals surface area contributed by atoms with E-state index in [2.05, 4.69) is 15.5 Å². The number of thioether (sulfide) groups is 1. The Morgan fingerprint density at radius 1 is 1.12 bits per heavy atom. The van der Waals surface area contributed by atoms with E-state index in [0.29, 0.717) is 53.6 Å². The third-order valence-corrected chi connectivity index (χ3v) is 6.32. The zero-order chi connectivity index (χ0) is 22.5. The first kappa shape index (κ1) is 22.3. The first-order valence-electron chi connectivity index (χ1n) is 10.1. The number of benzene rings is 2. The molecule has 32 heavy (non-hydrogen) atoms. The van der Waals surface area contributed by atoms with E-state index < -0.39 is 0 Å². The quantitative estimate of drug-likeness (QED) is 0.554. The Labute approximate surface area is 194 Å². The minimum absolute atomic E-state index is 0.0649. The summed E-state index contributed by atoms with van der Waals surface area (Å²) >= 11 is 7.53. The lowest BCUT2D eigenvalue weighted by atomic mass is 10.1. The molecule has 0 bridgehead atoms. The zero-order valence-corrected chi connectivity index (χ0v) is 19.0. The molecule has 2 aromatic carbocycles. The molecule has 0 unspecified atom stereocenters. The number of hydrogen-bond donors (Lipinski definition) is 1. The smallest absolute Gasteiger partial charge is 0.254 e. The molecule has 2 amide bonds. The van der Waals surface area contributed by atoms with Crippen LogP contribution in [0, 0.1) is 0 Å². The summed E-state index contributed by atoms with van der Waals surface area (Å²) in [5.41, 5.74) is 1.89. The lowest BCUT2D eigenvalue weighted by molar-refractivity contribution is -0.113. The van der Waals surface area contributed by atoms with Gasteiger partial charge in [-0.25, -0.2) is 0 Å². The van der Waals surface area contributed by atoms with Crippen LogP contribution in [0.15, 0.2) is 53.7 Å². The molecule has 0 radical (unpaired) electrons. The second-order valence-electron chi connectivity index (χ2n) is 7.17. The lowest BCUT2D eigenvalue weighted by Gasteiger charge is -2.27. The predicted molar refractivity (Wildman–Crippen MR) is 124 cm³/mol. The van der Waals surface area contributed by atoms with Crippen molar-refractivity contribution in [1.82, 2.24) is 19.7 Å². The highest BCUT2D eigenvalue weighted by Gasteiger charge is 2.19. The van der Waals surface area contributed by atoms with Crippen molar-refractivity contribution in [3.8, 4) is 11.4 Å². The largest absolute Gasteiger partial charge is 0.378 e. The van der Waals surface area contributed by atoms with Gasteiger partial charge in [-0.1, -0.05) is 41.6 Å². The van der Waals surface area contributed by atoms with Crippen LogP contribution in [0.3, 0.4) is 0 Å². The molecule has 0 atom stereocenters. The van der Waals surface area contributed by atoms with Gasteiger partial charge in [-0.05, 0) is 30.3 Å². The maximum Gasteiger partial charge on any atom is 0.254 e. The van der Waals surface area contributed by atoms with E-state index >= 15 is 0 Å². The summed E-state index contributed by atoms with van der Waals surface area (Å²) in [6, 6.07) is 14.4. The second kappa shape index (κ2) is 10.2. The van der Waals surface area contributed by atoms with Gasteiger partial charge in [0.1, 0.15) is 0 Å². The molecule has 8 nitrogen and oxygen atoms in total. The molecule has 1 fully saturated rings. The van der Waals surface area contributed by atoms with Crippen molar-refractivity contribution < 1.29 is 14.3 Å². The number of anilines is 1. The Morgan fingerprint density at radius 3 is 2.69 bits per heavy atom. The van der Waals surface area contributed by atoms with E-state index in [1.54, 1.807) is 39.8 Å². The van der Waals surface area contributed by atoms with E-state index in [0.717, 1.165) is 5.56 Å². The third kappa shape index (κ3) is 5.12. The molecular weight excluding hydrogens is 450 g/mol. The predicted octanol–water partition coefficient (Wildman–Crippen LogP) is 3.34. The minimum Gasteiger partial charge on any atom is -0.378 e. The van der Waals surface area contributed by atoms with Gasteiger partial charge in [-0.2, -0.15) is 0 Å². The number of nitrogens with one attached hydrogen (secondary N) is 1. The molecule has 10 heteroatoms. The molecule has 2 heterocycles. The van der Waals surface area contributed by atoms with Crippen molar-refractivity contribution >= 4 is 40.9 Å². The maximum absolute atomic E-state index is 12.7. The number of carbonyl (C=O) groups excluding carboxylic acids is 2. The van der Waals surface area contributed by atoms with Crippen LogP contribution < -0.4 is 5.32 Å². The number of nitrogens with zero attached hydrogens (tertiary/aromatic N) is 4. The molecule has 1 aromatic heterocycles. The van der Waals surface area contributed by atoms with Gasteiger partial charge >= 0.3 is 0 Å². The molecule has 3 aromatic rings. The van der Waals surface area contributed by atoms with Crippen LogP contribution in [-0.2, 0) is 16.6 Å². The van der Waals surface area contributed by atoms with Gasteiger partial charge in [-0.3, -0.25) is 9.59 Å². The number of halogens is 1. The van der Waals surface area contributed by atoms with Gasteiger partial charge in [-0.15, -0.1) is 10.2 Å². The van der Waals surface area contributed by atoms with Gasteiger partial charge < -0.3 is 19.5 Å². The fourth-order valence-electron chi connectivity index (χ4n) is 3.32. The van der Waals surface area contributed by atoms with Crippen molar-refractivity contribution in [3.63, 3.8) is 0 Å². The molecule has 1 aliphatic heterocycles. The number of morpholine rings is 1. The number of hydrogen-bond acceptors (Lipinski definition) is 6. The van der Waals surface area contributed by atoms with Crippen LogP contribution >= 0.6 is 23.4 Å². The molecule has 4 rings (SSSR count). The highest BCUT2D eigenvalue weighted by Crippen LogP contribution is 2.28. The van der Waals surface area contributed by atoms with E-state index in [1.807, 2.05) is 25.2 Å². The summed E-state index contributed by atoms with van der Waals surface area (Å²) < 4.78 is 7.10. The monoisotopic (exact) mass is 471 g/mol. The number of rotatable bonds is 6. The van der Waals surface area contributed by atoms with Crippen molar-refractivity contribution in [1.29, 1.82) is 0 Å². The Bertz CT molecular complexity index is 1130. The lowest BCUT2D eigenvalue weighted by Crippen LogP contribution is -2.40. The molecule has 1 N–H and O–H groups in total.